The van der Waals surface area contributed by atoms with E-state index in [4.69, 9.17) is 9.15 Å². The van der Waals surface area contributed by atoms with Crippen LogP contribution in [0.15, 0.2) is 101 Å². The summed E-state index contributed by atoms with van der Waals surface area (Å²) in [7, 11) is 0. The smallest absolute Gasteiger partial charge is 0.419 e. The predicted molar refractivity (Wildman–Crippen MR) is 170 cm³/mol. The summed E-state index contributed by atoms with van der Waals surface area (Å²) in [6, 6.07) is 20.7. The Labute approximate surface area is 276 Å². The van der Waals surface area contributed by atoms with E-state index in [1.807, 2.05) is 30.3 Å². The molecule has 3 heterocycles. The number of furan rings is 1. The van der Waals surface area contributed by atoms with E-state index >= 15 is 0 Å². The SMILES string of the molecule is O=C(Nc1ccc(C2SC(=Nc3ccc(F)c(C(F)(F)F)c3)N(Cc3ccco3)C2=O)cc1)[C@H]1CCCN1C(=O)OCc1ccccc1. The largest absolute Gasteiger partial charge is 0.467 e. The Morgan fingerprint density at radius 2 is 1.79 bits per heavy atom. The number of hydrogen-bond acceptors (Lipinski definition) is 7. The Kier molecular flexibility index (Phi) is 9.53. The zero-order valence-electron chi connectivity index (χ0n) is 25.2. The molecule has 2 aliphatic rings. The Balaban J connectivity index is 1.15. The average Bonchev–Trinajstić information content (AvgIpc) is 3.84. The van der Waals surface area contributed by atoms with Crippen molar-refractivity contribution in [1.82, 2.24) is 9.80 Å². The van der Waals surface area contributed by atoms with E-state index in [1.54, 1.807) is 36.4 Å². The maximum absolute atomic E-state index is 13.9. The van der Waals surface area contributed by atoms with Gasteiger partial charge in [-0.1, -0.05) is 54.2 Å². The van der Waals surface area contributed by atoms with Gasteiger partial charge in [-0.2, -0.15) is 13.2 Å². The third kappa shape index (κ3) is 7.38. The number of benzene rings is 3. The van der Waals surface area contributed by atoms with Crippen LogP contribution in [-0.2, 0) is 33.7 Å². The molecule has 3 amide bonds. The second-order valence-electron chi connectivity index (χ2n) is 11.1. The molecule has 1 unspecified atom stereocenters. The summed E-state index contributed by atoms with van der Waals surface area (Å²) < 4.78 is 64.7. The quantitative estimate of drug-likeness (QED) is 0.192. The van der Waals surface area contributed by atoms with E-state index in [9.17, 15) is 31.9 Å². The number of rotatable bonds is 8. The number of carbonyl (C=O) groups is 3. The summed E-state index contributed by atoms with van der Waals surface area (Å²) in [6.07, 6.45) is -2.95. The molecule has 3 aromatic carbocycles. The molecular formula is C34H28F4N4O5S. The monoisotopic (exact) mass is 680 g/mol. The van der Waals surface area contributed by atoms with E-state index in [-0.39, 0.29) is 35.8 Å². The zero-order valence-corrected chi connectivity index (χ0v) is 26.0. The minimum atomic E-state index is -4.92. The number of amides is 3. The van der Waals surface area contributed by atoms with Gasteiger partial charge in [-0.3, -0.25) is 19.4 Å². The lowest BCUT2D eigenvalue weighted by molar-refractivity contribution is -0.140. The number of nitrogens with one attached hydrogen (secondary N) is 1. The lowest BCUT2D eigenvalue weighted by Crippen LogP contribution is -2.43. The third-order valence-corrected chi connectivity index (χ3v) is 9.03. The summed E-state index contributed by atoms with van der Waals surface area (Å²) in [6.45, 7) is 0.453. The molecule has 2 fully saturated rings. The predicted octanol–water partition coefficient (Wildman–Crippen LogP) is 7.68. The number of thioether (sulfide) groups is 1. The van der Waals surface area contributed by atoms with Crippen molar-refractivity contribution in [2.75, 3.05) is 11.9 Å². The maximum Gasteiger partial charge on any atom is 0.419 e. The molecule has 0 aliphatic carbocycles. The Bertz CT molecular complexity index is 1820. The molecule has 2 atom stereocenters. The zero-order chi connectivity index (χ0) is 33.8. The minimum Gasteiger partial charge on any atom is -0.467 e. The molecule has 0 bridgehead atoms. The number of alkyl halides is 3. The first-order valence-corrected chi connectivity index (χ1v) is 15.8. The fourth-order valence-corrected chi connectivity index (χ4v) is 6.57. The summed E-state index contributed by atoms with van der Waals surface area (Å²) in [5, 5.41) is 2.12. The van der Waals surface area contributed by atoms with E-state index in [2.05, 4.69) is 10.3 Å². The van der Waals surface area contributed by atoms with E-state index < -0.39 is 34.9 Å². The van der Waals surface area contributed by atoms with Crippen molar-refractivity contribution in [2.45, 2.75) is 43.5 Å². The van der Waals surface area contributed by atoms with Gasteiger partial charge in [0.15, 0.2) is 5.17 Å². The van der Waals surface area contributed by atoms with Crippen molar-refractivity contribution < 1.29 is 41.1 Å². The fourth-order valence-electron chi connectivity index (χ4n) is 5.39. The Morgan fingerprint density at radius 3 is 2.50 bits per heavy atom. The van der Waals surface area contributed by atoms with Gasteiger partial charge in [0, 0.05) is 12.2 Å². The number of halogens is 4. The lowest BCUT2D eigenvalue weighted by atomic mass is 10.1. The molecule has 0 radical (unpaired) electrons. The number of aliphatic imine (C=N–C) groups is 1. The molecule has 1 N–H and O–H groups in total. The van der Waals surface area contributed by atoms with Gasteiger partial charge in [-0.15, -0.1) is 0 Å². The van der Waals surface area contributed by atoms with Crippen molar-refractivity contribution in [1.29, 1.82) is 0 Å². The van der Waals surface area contributed by atoms with Gasteiger partial charge in [-0.05, 0) is 66.4 Å². The second kappa shape index (κ2) is 13.9. The number of anilines is 1. The molecule has 2 saturated heterocycles. The molecule has 0 saturated carbocycles. The van der Waals surface area contributed by atoms with Crippen LogP contribution in [0.2, 0.25) is 0 Å². The Hall–Kier alpha value is -5.11. The van der Waals surface area contributed by atoms with Crippen LogP contribution >= 0.6 is 11.8 Å². The van der Waals surface area contributed by atoms with Gasteiger partial charge < -0.3 is 14.5 Å². The highest BCUT2D eigenvalue weighted by atomic mass is 32.2. The van der Waals surface area contributed by atoms with Crippen molar-refractivity contribution >= 4 is 46.2 Å². The molecule has 4 aromatic rings. The van der Waals surface area contributed by atoms with Gasteiger partial charge in [0.2, 0.25) is 11.8 Å². The summed E-state index contributed by atoms with van der Waals surface area (Å²) in [5.74, 6) is -1.77. The molecule has 0 spiro atoms. The highest BCUT2D eigenvalue weighted by Crippen LogP contribution is 2.42. The standard InChI is InChI=1S/C34H28F4N4O5S/c35-27-15-14-24(18-26(27)34(36,37)38)40-32-42(19-25-8-5-17-46-25)31(44)29(48-32)22-10-12-23(13-11-22)39-30(43)28-9-4-16-41(28)33(45)47-20-21-6-2-1-3-7-21/h1-3,5-8,10-15,17-18,28-29H,4,9,16,19-20H2,(H,39,43)/t28-,29?/m1/s1. The molecule has 2 aliphatic heterocycles. The van der Waals surface area contributed by atoms with Gasteiger partial charge in [0.05, 0.1) is 24.1 Å². The average molecular weight is 681 g/mol. The molecule has 1 aromatic heterocycles. The Morgan fingerprint density at radius 1 is 1.02 bits per heavy atom. The fraction of sp³-hybridized carbons (Fsp3) is 0.235. The number of carbonyl (C=O) groups excluding carboxylic acids is 3. The van der Waals surface area contributed by atoms with Crippen LogP contribution in [-0.4, -0.2) is 45.5 Å². The van der Waals surface area contributed by atoms with Gasteiger partial charge in [0.1, 0.15) is 29.5 Å². The normalized spacial score (nSPS) is 18.8. The minimum absolute atomic E-state index is 0.0265. The number of amidine groups is 1. The number of hydrogen-bond donors (Lipinski definition) is 1. The van der Waals surface area contributed by atoms with Crippen LogP contribution in [0.25, 0.3) is 0 Å². The van der Waals surface area contributed by atoms with Gasteiger partial charge in [-0.25, -0.2) is 14.2 Å². The van der Waals surface area contributed by atoms with Crippen LogP contribution in [0.1, 0.15) is 40.5 Å². The van der Waals surface area contributed by atoms with Gasteiger partial charge >= 0.3 is 12.3 Å². The van der Waals surface area contributed by atoms with Crippen molar-refractivity contribution in [2.24, 2.45) is 4.99 Å². The highest BCUT2D eigenvalue weighted by molar-refractivity contribution is 8.15. The molecule has 48 heavy (non-hydrogen) atoms. The molecular weight excluding hydrogens is 652 g/mol. The first-order chi connectivity index (χ1) is 23.1. The van der Waals surface area contributed by atoms with Crippen molar-refractivity contribution in [3.63, 3.8) is 0 Å². The van der Waals surface area contributed by atoms with E-state index in [0.717, 1.165) is 23.4 Å². The highest BCUT2D eigenvalue weighted by Gasteiger charge is 2.40. The topological polar surface area (TPSA) is 104 Å². The van der Waals surface area contributed by atoms with Crippen molar-refractivity contribution in [3.05, 3.63) is 119 Å². The maximum atomic E-state index is 13.9. The number of likely N-dealkylation sites (tertiary alicyclic amines) is 1. The molecule has 248 valence electrons. The number of ether oxygens (including phenoxy) is 1. The van der Waals surface area contributed by atoms with Crippen LogP contribution in [0.4, 0.5) is 33.7 Å². The van der Waals surface area contributed by atoms with Crippen molar-refractivity contribution in [3.8, 4) is 0 Å². The summed E-state index contributed by atoms with van der Waals surface area (Å²) in [4.78, 5) is 46.5. The van der Waals surface area contributed by atoms with Crippen LogP contribution in [0, 0.1) is 5.82 Å². The molecule has 14 heteroatoms. The van der Waals surface area contributed by atoms with E-state index in [0.29, 0.717) is 48.5 Å². The van der Waals surface area contributed by atoms with Crippen LogP contribution in [0.3, 0.4) is 0 Å². The third-order valence-electron chi connectivity index (χ3n) is 7.79. The van der Waals surface area contributed by atoms with Gasteiger partial charge in [0.25, 0.3) is 0 Å². The molecule has 6 rings (SSSR count). The van der Waals surface area contributed by atoms with Crippen LogP contribution in [0.5, 0.6) is 0 Å². The van der Waals surface area contributed by atoms with E-state index in [1.165, 1.54) is 16.1 Å². The lowest BCUT2D eigenvalue weighted by Gasteiger charge is -2.23. The first-order valence-electron chi connectivity index (χ1n) is 14.9. The first kappa shape index (κ1) is 32.8. The van der Waals surface area contributed by atoms with Crippen LogP contribution < -0.4 is 5.32 Å². The summed E-state index contributed by atoms with van der Waals surface area (Å²) in [5.41, 5.74) is 0.191. The number of nitrogens with zero attached hydrogens (tertiary/aromatic N) is 3. The molecule has 9 nitrogen and oxygen atoms in total. The second-order valence-corrected chi connectivity index (χ2v) is 12.1. The summed E-state index contributed by atoms with van der Waals surface area (Å²) >= 11 is 1.03.